The molecule has 2 atom stereocenters. The molecule has 1 aromatic rings. The van der Waals surface area contributed by atoms with E-state index in [1.165, 1.54) is 12.8 Å². The molecule has 4 heteroatoms. The van der Waals surface area contributed by atoms with Gasteiger partial charge < -0.3 is 15.4 Å². The fraction of sp³-hybridized carbons (Fsp3) is 0.588. The van der Waals surface area contributed by atoms with Crippen LogP contribution in [0.15, 0.2) is 24.3 Å². The molecule has 0 radical (unpaired) electrons. The normalized spacial score (nSPS) is 22.1. The van der Waals surface area contributed by atoms with E-state index >= 15 is 0 Å². The predicted molar refractivity (Wildman–Crippen MR) is 84.8 cm³/mol. The first-order valence-electron chi connectivity index (χ1n) is 7.85. The van der Waals surface area contributed by atoms with Crippen LogP contribution in [0.5, 0.6) is 5.75 Å². The van der Waals surface area contributed by atoms with Crippen LogP contribution in [0.2, 0.25) is 0 Å². The van der Waals surface area contributed by atoms with Crippen molar-refractivity contribution in [1.82, 2.24) is 10.6 Å². The molecule has 1 aliphatic rings. The maximum atomic E-state index is 12.2. The summed E-state index contributed by atoms with van der Waals surface area (Å²) >= 11 is 0. The Hall–Kier alpha value is -1.55. The van der Waals surface area contributed by atoms with E-state index in [4.69, 9.17) is 4.74 Å². The first-order chi connectivity index (χ1) is 10.0. The highest BCUT2D eigenvalue weighted by Gasteiger charge is 2.18. The van der Waals surface area contributed by atoms with Gasteiger partial charge in [0.1, 0.15) is 5.75 Å². The van der Waals surface area contributed by atoms with Crippen LogP contribution in [0.25, 0.3) is 0 Å². The molecule has 1 aliphatic heterocycles. The van der Waals surface area contributed by atoms with Crippen LogP contribution in [0.3, 0.4) is 0 Å². The van der Waals surface area contributed by atoms with Crippen LogP contribution in [0.1, 0.15) is 50.4 Å². The van der Waals surface area contributed by atoms with Crippen molar-refractivity contribution in [2.75, 3.05) is 6.54 Å². The third kappa shape index (κ3) is 5.05. The maximum absolute atomic E-state index is 12.2. The second kappa shape index (κ2) is 7.46. The number of amides is 1. The zero-order valence-electron chi connectivity index (χ0n) is 13.2. The highest BCUT2D eigenvalue weighted by atomic mass is 16.5. The molecule has 2 unspecified atom stereocenters. The standard InChI is InChI=1S/C17H26N2O2/c1-12(2)21-16-9-5-7-14(10-16)17(20)18-11-15-8-4-6-13(3)19-15/h5,7,9-10,12-13,15,19H,4,6,8,11H2,1-3H3,(H,18,20). The van der Waals surface area contributed by atoms with Gasteiger partial charge >= 0.3 is 0 Å². The largest absolute Gasteiger partial charge is 0.491 e. The number of carbonyl (C=O) groups is 1. The van der Waals surface area contributed by atoms with Crippen molar-refractivity contribution >= 4 is 5.91 Å². The Balaban J connectivity index is 1.88. The Morgan fingerprint density at radius 2 is 2.24 bits per heavy atom. The molecule has 1 heterocycles. The summed E-state index contributed by atoms with van der Waals surface area (Å²) in [6.07, 6.45) is 3.68. The van der Waals surface area contributed by atoms with E-state index in [2.05, 4.69) is 17.6 Å². The summed E-state index contributed by atoms with van der Waals surface area (Å²) < 4.78 is 5.62. The minimum atomic E-state index is -0.0377. The summed E-state index contributed by atoms with van der Waals surface area (Å²) in [5.41, 5.74) is 0.650. The van der Waals surface area contributed by atoms with Gasteiger partial charge in [0, 0.05) is 24.2 Å². The summed E-state index contributed by atoms with van der Waals surface area (Å²) in [7, 11) is 0. The molecule has 116 valence electrons. The fourth-order valence-corrected chi connectivity index (χ4v) is 2.70. The highest BCUT2D eigenvalue weighted by Crippen LogP contribution is 2.15. The van der Waals surface area contributed by atoms with Gasteiger partial charge in [-0.2, -0.15) is 0 Å². The average molecular weight is 290 g/mol. The average Bonchev–Trinajstić information content (AvgIpc) is 2.44. The summed E-state index contributed by atoms with van der Waals surface area (Å²) in [4.78, 5) is 12.2. The second-order valence-corrected chi connectivity index (χ2v) is 6.10. The van der Waals surface area contributed by atoms with Gasteiger partial charge in [-0.3, -0.25) is 4.79 Å². The molecule has 1 fully saturated rings. The number of carbonyl (C=O) groups excluding carboxylic acids is 1. The molecule has 0 aromatic heterocycles. The Morgan fingerprint density at radius 3 is 2.95 bits per heavy atom. The van der Waals surface area contributed by atoms with Crippen molar-refractivity contribution in [3.05, 3.63) is 29.8 Å². The zero-order chi connectivity index (χ0) is 15.2. The van der Waals surface area contributed by atoms with Crippen molar-refractivity contribution in [2.24, 2.45) is 0 Å². The van der Waals surface area contributed by atoms with Gasteiger partial charge in [-0.05, 0) is 51.8 Å². The Morgan fingerprint density at radius 1 is 1.43 bits per heavy atom. The fourth-order valence-electron chi connectivity index (χ4n) is 2.70. The van der Waals surface area contributed by atoms with Gasteiger partial charge in [-0.15, -0.1) is 0 Å². The molecular weight excluding hydrogens is 264 g/mol. The zero-order valence-corrected chi connectivity index (χ0v) is 13.2. The molecule has 2 rings (SSSR count). The molecule has 1 aromatic carbocycles. The smallest absolute Gasteiger partial charge is 0.251 e. The van der Waals surface area contributed by atoms with Crippen molar-refractivity contribution in [2.45, 2.75) is 58.2 Å². The third-order valence-corrected chi connectivity index (χ3v) is 3.69. The number of piperidine rings is 1. The molecule has 1 amide bonds. The lowest BCUT2D eigenvalue weighted by Gasteiger charge is -2.28. The number of hydrogen-bond acceptors (Lipinski definition) is 3. The molecule has 4 nitrogen and oxygen atoms in total. The van der Waals surface area contributed by atoms with Crippen LogP contribution in [-0.4, -0.2) is 30.6 Å². The van der Waals surface area contributed by atoms with E-state index in [0.29, 0.717) is 24.2 Å². The number of ether oxygens (including phenoxy) is 1. The highest BCUT2D eigenvalue weighted by molar-refractivity contribution is 5.94. The molecule has 21 heavy (non-hydrogen) atoms. The van der Waals surface area contributed by atoms with Crippen LogP contribution < -0.4 is 15.4 Å². The van der Waals surface area contributed by atoms with Crippen LogP contribution >= 0.6 is 0 Å². The summed E-state index contributed by atoms with van der Waals surface area (Å²) in [5.74, 6) is 0.700. The number of hydrogen-bond donors (Lipinski definition) is 2. The lowest BCUT2D eigenvalue weighted by atomic mass is 9.99. The van der Waals surface area contributed by atoms with E-state index in [1.54, 1.807) is 6.07 Å². The van der Waals surface area contributed by atoms with E-state index < -0.39 is 0 Å². The molecular formula is C17H26N2O2. The van der Waals surface area contributed by atoms with Crippen molar-refractivity contribution in [3.8, 4) is 5.75 Å². The Kier molecular flexibility index (Phi) is 5.62. The van der Waals surface area contributed by atoms with E-state index in [-0.39, 0.29) is 12.0 Å². The van der Waals surface area contributed by atoms with Gasteiger partial charge in [-0.1, -0.05) is 12.5 Å². The maximum Gasteiger partial charge on any atom is 0.251 e. The molecule has 0 spiro atoms. The first-order valence-corrected chi connectivity index (χ1v) is 7.85. The topological polar surface area (TPSA) is 50.4 Å². The Labute approximate surface area is 127 Å². The lowest BCUT2D eigenvalue weighted by molar-refractivity contribution is 0.0945. The monoisotopic (exact) mass is 290 g/mol. The molecule has 0 saturated carbocycles. The summed E-state index contributed by atoms with van der Waals surface area (Å²) in [6.45, 7) is 6.82. The van der Waals surface area contributed by atoms with Gasteiger partial charge in [0.25, 0.3) is 5.91 Å². The quantitative estimate of drug-likeness (QED) is 0.876. The minimum absolute atomic E-state index is 0.0377. The van der Waals surface area contributed by atoms with Gasteiger partial charge in [0.15, 0.2) is 0 Å². The van der Waals surface area contributed by atoms with Crippen molar-refractivity contribution in [1.29, 1.82) is 0 Å². The van der Waals surface area contributed by atoms with E-state index in [1.807, 2.05) is 32.0 Å². The van der Waals surface area contributed by atoms with Gasteiger partial charge in [0.2, 0.25) is 0 Å². The summed E-state index contributed by atoms with van der Waals surface area (Å²) in [6, 6.07) is 8.27. The number of rotatable bonds is 5. The summed E-state index contributed by atoms with van der Waals surface area (Å²) in [5, 5.41) is 6.53. The van der Waals surface area contributed by atoms with Crippen LogP contribution in [0.4, 0.5) is 0 Å². The van der Waals surface area contributed by atoms with Gasteiger partial charge in [0.05, 0.1) is 6.10 Å². The molecule has 0 bridgehead atoms. The minimum Gasteiger partial charge on any atom is -0.491 e. The van der Waals surface area contributed by atoms with E-state index in [0.717, 1.165) is 12.2 Å². The molecule has 0 aliphatic carbocycles. The van der Waals surface area contributed by atoms with Gasteiger partial charge in [-0.25, -0.2) is 0 Å². The van der Waals surface area contributed by atoms with Crippen molar-refractivity contribution in [3.63, 3.8) is 0 Å². The predicted octanol–water partition coefficient (Wildman–Crippen LogP) is 2.73. The lowest BCUT2D eigenvalue weighted by Crippen LogP contribution is -2.47. The van der Waals surface area contributed by atoms with E-state index in [9.17, 15) is 4.79 Å². The first kappa shape index (κ1) is 15.8. The number of nitrogens with one attached hydrogen (secondary N) is 2. The molecule has 1 saturated heterocycles. The second-order valence-electron chi connectivity index (χ2n) is 6.10. The van der Waals surface area contributed by atoms with Crippen molar-refractivity contribution < 1.29 is 9.53 Å². The Bertz CT molecular complexity index is 474. The third-order valence-electron chi connectivity index (χ3n) is 3.69. The van der Waals surface area contributed by atoms with Crippen LogP contribution in [0, 0.1) is 0 Å². The molecule has 2 N–H and O–H groups in total. The SMILES string of the molecule is CC1CCCC(CNC(=O)c2cccc(OC(C)C)c2)N1. The number of benzene rings is 1. The van der Waals surface area contributed by atoms with Crippen LogP contribution in [-0.2, 0) is 0 Å².